The number of hydrogen-bond donors (Lipinski definition) is 4. The first-order valence-electron chi connectivity index (χ1n) is 1.53. The molecule has 0 unspecified atom stereocenters. The fraction of sp³-hybridized carbons (Fsp3) is 0. The van der Waals surface area contributed by atoms with Crippen LogP contribution in [0.5, 0.6) is 0 Å². The van der Waals surface area contributed by atoms with Crippen LogP contribution < -0.4 is 0 Å². The van der Waals surface area contributed by atoms with E-state index in [0.717, 1.165) is 0 Å². The van der Waals surface area contributed by atoms with Crippen LogP contribution in [-0.4, -0.2) is 77.6 Å². The molecule has 0 saturated carbocycles. The van der Waals surface area contributed by atoms with E-state index in [0.29, 0.717) is 0 Å². The molecule has 0 aliphatic carbocycles. The molecule has 0 amide bonds. The van der Waals surface area contributed by atoms with E-state index in [4.69, 9.17) is 19.6 Å². The van der Waals surface area contributed by atoms with Gasteiger partial charge in [-0.05, 0) is 0 Å². The van der Waals surface area contributed by atoms with Crippen molar-refractivity contribution in [3.63, 3.8) is 0 Å². The maximum Gasteiger partial charge on any atom is 4.00 e. The molecule has 0 heterocycles. The minimum atomic E-state index is -5.05. The zero-order valence-corrected chi connectivity index (χ0v) is 13.3. The van der Waals surface area contributed by atoms with Gasteiger partial charge in [0.2, 0.25) is 0 Å². The van der Waals surface area contributed by atoms with Crippen molar-refractivity contribution in [2.24, 2.45) is 0 Å². The van der Waals surface area contributed by atoms with Crippen LogP contribution in [0, 0.1) is 0 Å². The van der Waals surface area contributed by atoms with Crippen molar-refractivity contribution >= 4 is 73.7 Å². The zero-order valence-electron chi connectivity index (χ0n) is 5.22. The molecule has 0 aromatic carbocycles. The third-order valence-corrected chi connectivity index (χ3v) is 1.91. The molecule has 0 radical (unpaired) electrons. The van der Waals surface area contributed by atoms with Crippen LogP contribution in [0.25, 0.3) is 0 Å². The fourth-order valence-electron chi connectivity index (χ4n) is 0.139. The van der Waals surface area contributed by atoms with E-state index in [1.807, 2.05) is 0 Å². The second-order valence-corrected chi connectivity index (χ2v) is 3.68. The summed E-state index contributed by atoms with van der Waals surface area (Å²) in [6, 6.07) is 0. The second kappa shape index (κ2) is 8.41. The fourth-order valence-corrected chi connectivity index (χ4v) is 1.25. The molecule has 0 aliphatic rings. The molecule has 12 heavy (non-hydrogen) atoms. The normalized spacial score (nSPS) is 10.3. The Hall–Kier alpha value is 2.10. The molecule has 0 aromatic rings. The maximum absolute atomic E-state index is 9.63. The quantitative estimate of drug-likeness (QED) is 0.282. The van der Waals surface area contributed by atoms with E-state index in [9.17, 15) is 9.13 Å². The van der Waals surface area contributed by atoms with Crippen LogP contribution in [0.2, 0.25) is 0 Å². The first kappa shape index (κ1) is 23.7. The SMILES string of the molecule is O=P(O)(O)OP(=O)(O)O.[Se-2].[Se-2].[Sn+4]. The molecule has 0 bridgehead atoms. The predicted octanol–water partition coefficient (Wildman–Crippen LogP) is -1.95. The summed E-state index contributed by atoms with van der Waals surface area (Å²) in [5.41, 5.74) is 0. The third kappa shape index (κ3) is 22.7. The summed E-state index contributed by atoms with van der Waals surface area (Å²) in [7, 11) is -10.1. The van der Waals surface area contributed by atoms with Crippen LogP contribution in [0.3, 0.4) is 0 Å². The van der Waals surface area contributed by atoms with Crippen molar-refractivity contribution in [3.8, 4) is 0 Å². The van der Waals surface area contributed by atoms with E-state index < -0.39 is 15.6 Å². The van der Waals surface area contributed by atoms with Gasteiger partial charge in [0.15, 0.2) is 0 Å². The van der Waals surface area contributed by atoms with Gasteiger partial charge in [-0.2, -0.15) is 4.31 Å². The van der Waals surface area contributed by atoms with Gasteiger partial charge in [0.25, 0.3) is 0 Å². The van der Waals surface area contributed by atoms with Crippen molar-refractivity contribution in [2.45, 2.75) is 0 Å². The van der Waals surface area contributed by atoms with E-state index >= 15 is 0 Å². The first-order chi connectivity index (χ1) is 3.71. The molecular weight excluding hydrogens is 451 g/mol. The van der Waals surface area contributed by atoms with Crippen LogP contribution in [0.4, 0.5) is 0 Å². The van der Waals surface area contributed by atoms with Crippen LogP contribution in [0.1, 0.15) is 0 Å². The molecular formula is H4O7P2Se2Sn. The number of hydrogen-bond acceptors (Lipinski definition) is 3. The van der Waals surface area contributed by atoms with E-state index in [1.165, 1.54) is 0 Å². The summed E-state index contributed by atoms with van der Waals surface area (Å²) in [4.78, 5) is 31.0. The van der Waals surface area contributed by atoms with Gasteiger partial charge in [-0.25, -0.2) is 9.13 Å². The van der Waals surface area contributed by atoms with Crippen molar-refractivity contribution in [1.82, 2.24) is 0 Å². The summed E-state index contributed by atoms with van der Waals surface area (Å²) in [6.45, 7) is 0. The van der Waals surface area contributed by atoms with Crippen LogP contribution in [0.15, 0.2) is 0 Å². The summed E-state index contributed by atoms with van der Waals surface area (Å²) >= 11 is 0. The van der Waals surface area contributed by atoms with Gasteiger partial charge >= 0.3 is 39.6 Å². The first-order valence-corrected chi connectivity index (χ1v) is 4.59. The van der Waals surface area contributed by atoms with Gasteiger partial charge in [0.05, 0.1) is 0 Å². The topological polar surface area (TPSA) is 124 Å². The molecule has 7 nitrogen and oxygen atoms in total. The van der Waals surface area contributed by atoms with Crippen molar-refractivity contribution in [1.29, 1.82) is 0 Å². The maximum atomic E-state index is 9.63. The number of phosphoric acid groups is 2. The molecule has 0 aromatic heterocycles. The monoisotopic (exact) mass is 458 g/mol. The van der Waals surface area contributed by atoms with Crippen LogP contribution in [-0.2, 0) is 13.4 Å². The zero-order chi connectivity index (χ0) is 7.71. The number of rotatable bonds is 2. The molecule has 4 N–H and O–H groups in total. The second-order valence-electron chi connectivity index (χ2n) is 1.06. The molecule has 72 valence electrons. The van der Waals surface area contributed by atoms with Gasteiger partial charge < -0.3 is 53.7 Å². The van der Waals surface area contributed by atoms with Crippen molar-refractivity contribution < 1.29 is 33.0 Å². The summed E-state index contributed by atoms with van der Waals surface area (Å²) in [5, 5.41) is 0. The van der Waals surface area contributed by atoms with E-state index in [2.05, 4.69) is 4.31 Å². The van der Waals surface area contributed by atoms with E-state index in [1.54, 1.807) is 0 Å². The van der Waals surface area contributed by atoms with Gasteiger partial charge in [0.1, 0.15) is 0 Å². The molecule has 0 fully saturated rings. The Kier molecular flexibility index (Phi) is 16.6. The largest absolute Gasteiger partial charge is 4.00 e. The Morgan fingerprint density at radius 2 is 1.00 bits per heavy atom. The smallest absolute Gasteiger partial charge is 2.00 e. The summed E-state index contributed by atoms with van der Waals surface area (Å²) in [6.07, 6.45) is 0. The Labute approximate surface area is 106 Å². The average Bonchev–Trinajstić information content (AvgIpc) is 1.14. The minimum Gasteiger partial charge on any atom is -2.00 e. The summed E-state index contributed by atoms with van der Waals surface area (Å²) in [5.74, 6) is 0. The molecule has 0 aliphatic heterocycles. The predicted molar refractivity (Wildman–Crippen MR) is 42.4 cm³/mol. The standard InChI is InChI=1S/H4O7P2.2Se.Sn/c1-8(2,3)7-9(4,5)6;;;/h(H2,1,2,3)(H2,4,5,6);;;/q;2*-2;+4. The minimum absolute atomic E-state index is 0. The molecule has 0 spiro atoms. The molecule has 12 heteroatoms. The Morgan fingerprint density at radius 3 is 1.00 bits per heavy atom. The van der Waals surface area contributed by atoms with Gasteiger partial charge in [0, 0.05) is 0 Å². The van der Waals surface area contributed by atoms with Gasteiger partial charge in [-0.15, -0.1) is 0 Å². The van der Waals surface area contributed by atoms with Gasteiger partial charge in [-0.3, -0.25) is 0 Å². The van der Waals surface area contributed by atoms with Gasteiger partial charge in [-0.1, -0.05) is 0 Å². The Bertz CT molecular complexity index is 160. The summed E-state index contributed by atoms with van der Waals surface area (Å²) < 4.78 is 22.2. The van der Waals surface area contributed by atoms with Crippen LogP contribution >= 0.6 is 15.6 Å². The van der Waals surface area contributed by atoms with E-state index in [-0.39, 0.29) is 58.0 Å². The molecule has 0 rings (SSSR count). The van der Waals surface area contributed by atoms with Crippen molar-refractivity contribution in [3.05, 3.63) is 0 Å². The third-order valence-electron chi connectivity index (χ3n) is 0.213. The van der Waals surface area contributed by atoms with Crippen molar-refractivity contribution in [2.75, 3.05) is 0 Å². The molecule has 0 saturated heterocycles. The average molecular weight is 455 g/mol. The Balaban J connectivity index is -0.000000107. The molecule has 0 atom stereocenters. The Morgan fingerprint density at radius 1 is 0.833 bits per heavy atom.